The van der Waals surface area contributed by atoms with Gasteiger partial charge in [0.2, 0.25) is 5.78 Å². The van der Waals surface area contributed by atoms with E-state index in [2.05, 4.69) is 5.32 Å². The number of ketones is 2. The van der Waals surface area contributed by atoms with Gasteiger partial charge in [-0.2, -0.15) is 0 Å². The summed E-state index contributed by atoms with van der Waals surface area (Å²) >= 11 is 0. The van der Waals surface area contributed by atoms with Gasteiger partial charge in [-0.25, -0.2) is 0 Å². The molecule has 0 radical (unpaired) electrons. The van der Waals surface area contributed by atoms with Gasteiger partial charge in [-0.15, -0.1) is 0 Å². The fraction of sp³-hybridized carbons (Fsp3) is 0.414. The summed E-state index contributed by atoms with van der Waals surface area (Å²) in [4.78, 5) is 40.7. The summed E-state index contributed by atoms with van der Waals surface area (Å²) in [6, 6.07) is 5.80. The number of aromatic hydroxyl groups is 1. The van der Waals surface area contributed by atoms with E-state index in [9.17, 15) is 34.8 Å². The number of fused-ring (bicyclic) bond motifs is 3. The molecule has 2 aromatic rings. The Labute approximate surface area is 230 Å². The molecule has 1 saturated carbocycles. The van der Waals surface area contributed by atoms with E-state index in [4.69, 9.17) is 10.2 Å². The Balaban J connectivity index is 1.66. The highest BCUT2D eigenvalue weighted by molar-refractivity contribution is 6.24. The zero-order chi connectivity index (χ0) is 29.3. The van der Waals surface area contributed by atoms with Crippen molar-refractivity contribution in [3.8, 4) is 17.1 Å². The molecule has 3 aliphatic rings. The van der Waals surface area contributed by atoms with Gasteiger partial charge in [0.15, 0.2) is 11.4 Å². The summed E-state index contributed by atoms with van der Waals surface area (Å²) in [7, 11) is 3.12. The Morgan fingerprint density at radius 2 is 1.88 bits per heavy atom. The molecule has 11 nitrogen and oxygen atoms in total. The number of hydrogen-bond acceptors (Lipinski definition) is 10. The first kappa shape index (κ1) is 27.6. The molecule has 1 fully saturated rings. The number of likely N-dealkylation sites (N-methyl/N-ethyl adjacent to an activating group) is 1. The molecule has 7 N–H and O–H groups in total. The SMILES string of the molecule is CC(C)NCc1ccc(-c2ccc(O)c3c2C[C@H]2C[C@@H]4[C@@H](N(C)C)C(=O)C(C(N)=O)=C(O)[C@]4(O)C(=O)C2=C3O)o1. The van der Waals surface area contributed by atoms with Crippen LogP contribution in [0.5, 0.6) is 5.75 Å². The number of nitrogens with one attached hydrogen (secondary N) is 1. The minimum absolute atomic E-state index is 0.0164. The summed E-state index contributed by atoms with van der Waals surface area (Å²) in [5.41, 5.74) is 2.84. The second-order valence-electron chi connectivity index (χ2n) is 11.2. The maximum atomic E-state index is 13.9. The van der Waals surface area contributed by atoms with Crippen LogP contribution >= 0.6 is 0 Å². The first-order valence-electron chi connectivity index (χ1n) is 13.1. The van der Waals surface area contributed by atoms with Crippen molar-refractivity contribution in [3.05, 3.63) is 58.1 Å². The average Bonchev–Trinajstić information content (AvgIpc) is 3.33. The van der Waals surface area contributed by atoms with Crippen molar-refractivity contribution in [1.29, 1.82) is 0 Å². The normalized spacial score (nSPS) is 26.3. The third kappa shape index (κ3) is 3.95. The molecule has 3 aliphatic carbocycles. The van der Waals surface area contributed by atoms with E-state index in [0.717, 1.165) is 0 Å². The number of phenols is 1. The Morgan fingerprint density at radius 3 is 2.50 bits per heavy atom. The minimum Gasteiger partial charge on any atom is -0.508 e. The second-order valence-corrected chi connectivity index (χ2v) is 11.2. The highest BCUT2D eigenvalue weighted by Crippen LogP contribution is 2.53. The first-order valence-corrected chi connectivity index (χ1v) is 13.1. The van der Waals surface area contributed by atoms with Gasteiger partial charge < -0.3 is 35.9 Å². The molecule has 1 aromatic heterocycles. The van der Waals surface area contributed by atoms with Crippen LogP contribution < -0.4 is 11.1 Å². The number of phenolic OH excluding ortho intramolecular Hbond substituents is 1. The molecule has 0 bridgehead atoms. The standard InChI is InChI=1S/C29H33N3O8/c1-12(2)31-11-14-5-8-19(40-14)15-6-7-18(33)21-16(15)9-13-10-17-23(32(3)4)25(35)22(28(30)38)27(37)29(17,39)26(36)20(13)24(21)34/h5-8,12-13,17,23,31,33-34,37,39H,9-11H2,1-4H3,(H2,30,38)/t13-,17+,23+,29+/m0/s1. The van der Waals surface area contributed by atoms with Crippen LogP contribution in [-0.4, -0.2) is 74.6 Å². The molecule has 5 rings (SSSR count). The third-order valence-electron chi connectivity index (χ3n) is 8.22. The number of aliphatic hydroxyl groups excluding tert-OH is 2. The smallest absolute Gasteiger partial charge is 0.255 e. The van der Waals surface area contributed by atoms with E-state index in [-0.39, 0.29) is 35.8 Å². The Hall–Kier alpha value is -3.93. The topological polar surface area (TPSA) is 187 Å². The summed E-state index contributed by atoms with van der Waals surface area (Å²) in [5.74, 6) is -5.63. The number of nitrogens with zero attached hydrogens (tertiary/aromatic N) is 1. The zero-order valence-electron chi connectivity index (χ0n) is 22.7. The van der Waals surface area contributed by atoms with Gasteiger partial charge >= 0.3 is 0 Å². The van der Waals surface area contributed by atoms with Crippen LogP contribution in [-0.2, 0) is 27.3 Å². The van der Waals surface area contributed by atoms with Crippen molar-refractivity contribution in [2.45, 2.75) is 50.9 Å². The molecule has 1 amide bonds. The van der Waals surface area contributed by atoms with Crippen molar-refractivity contribution in [2.75, 3.05) is 14.1 Å². The van der Waals surface area contributed by atoms with E-state index < -0.39 is 58.0 Å². The largest absolute Gasteiger partial charge is 0.508 e. The van der Waals surface area contributed by atoms with Crippen molar-refractivity contribution in [3.63, 3.8) is 0 Å². The molecular weight excluding hydrogens is 518 g/mol. The molecule has 0 unspecified atom stereocenters. The second kappa shape index (κ2) is 9.61. The van der Waals surface area contributed by atoms with Gasteiger partial charge in [0.1, 0.15) is 34.4 Å². The van der Waals surface area contributed by atoms with Crippen molar-refractivity contribution >= 4 is 23.2 Å². The van der Waals surface area contributed by atoms with E-state index >= 15 is 0 Å². The lowest BCUT2D eigenvalue weighted by Crippen LogP contribution is -2.65. The Bertz CT molecular complexity index is 1500. The number of primary amides is 1. The van der Waals surface area contributed by atoms with Crippen LogP contribution in [0.15, 0.2) is 45.6 Å². The molecule has 40 heavy (non-hydrogen) atoms. The quantitative estimate of drug-likeness (QED) is 0.289. The molecule has 0 saturated heterocycles. The lowest BCUT2D eigenvalue weighted by molar-refractivity contribution is -0.153. The monoisotopic (exact) mass is 551 g/mol. The molecule has 1 aromatic carbocycles. The zero-order valence-corrected chi connectivity index (χ0v) is 22.7. The maximum absolute atomic E-state index is 13.9. The van der Waals surface area contributed by atoms with Crippen LogP contribution in [0.4, 0.5) is 0 Å². The van der Waals surface area contributed by atoms with E-state index in [1.807, 2.05) is 19.9 Å². The predicted octanol–water partition coefficient (Wildman–Crippen LogP) is 1.72. The van der Waals surface area contributed by atoms with Crippen LogP contribution in [0.3, 0.4) is 0 Å². The van der Waals surface area contributed by atoms with Crippen LogP contribution in [0.1, 0.15) is 37.2 Å². The van der Waals surface area contributed by atoms with E-state index in [1.165, 1.54) is 11.0 Å². The number of aliphatic hydroxyl groups is 3. The van der Waals surface area contributed by atoms with Gasteiger partial charge in [-0.1, -0.05) is 13.8 Å². The number of carbonyl (C=O) groups is 3. The summed E-state index contributed by atoms with van der Waals surface area (Å²) in [5, 5.41) is 48.1. The van der Waals surface area contributed by atoms with Gasteiger partial charge in [0.05, 0.1) is 18.2 Å². The Morgan fingerprint density at radius 1 is 1.18 bits per heavy atom. The van der Waals surface area contributed by atoms with E-state index in [0.29, 0.717) is 29.2 Å². The van der Waals surface area contributed by atoms with Crippen LogP contribution in [0, 0.1) is 11.8 Å². The third-order valence-corrected chi connectivity index (χ3v) is 8.22. The summed E-state index contributed by atoms with van der Waals surface area (Å²) in [6.07, 6.45) is 0.196. The predicted molar refractivity (Wildman–Crippen MR) is 144 cm³/mol. The first-order chi connectivity index (χ1) is 18.8. The Kier molecular flexibility index (Phi) is 6.64. The lowest BCUT2D eigenvalue weighted by atomic mass is 9.57. The molecule has 4 atom stereocenters. The number of benzene rings is 1. The van der Waals surface area contributed by atoms with Gasteiger partial charge in [0, 0.05) is 23.1 Å². The number of Topliss-reactive ketones (excluding diaryl/α,β-unsaturated/α-hetero) is 2. The molecule has 0 spiro atoms. The van der Waals surface area contributed by atoms with Crippen molar-refractivity contribution in [1.82, 2.24) is 10.2 Å². The van der Waals surface area contributed by atoms with Crippen LogP contribution in [0.25, 0.3) is 17.1 Å². The fourth-order valence-corrected chi connectivity index (χ4v) is 6.40. The molecule has 1 heterocycles. The molecular formula is C29H33N3O8. The maximum Gasteiger partial charge on any atom is 0.255 e. The number of hydrogen-bond donors (Lipinski definition) is 6. The number of rotatable bonds is 6. The van der Waals surface area contributed by atoms with E-state index in [1.54, 1.807) is 26.2 Å². The van der Waals surface area contributed by atoms with Gasteiger partial charge in [-0.05, 0) is 62.7 Å². The van der Waals surface area contributed by atoms with Gasteiger partial charge in [-0.3, -0.25) is 19.3 Å². The minimum atomic E-state index is -2.67. The number of carbonyl (C=O) groups excluding carboxylic acids is 3. The van der Waals surface area contributed by atoms with Crippen molar-refractivity contribution in [2.24, 2.45) is 17.6 Å². The molecule has 11 heteroatoms. The molecule has 0 aliphatic heterocycles. The van der Waals surface area contributed by atoms with Gasteiger partial charge in [0.25, 0.3) is 5.91 Å². The molecule has 212 valence electrons. The number of nitrogens with two attached hydrogens (primary N) is 1. The van der Waals surface area contributed by atoms with Crippen LogP contribution in [0.2, 0.25) is 0 Å². The number of amides is 1. The highest BCUT2D eigenvalue weighted by atomic mass is 16.4. The summed E-state index contributed by atoms with van der Waals surface area (Å²) < 4.78 is 6.05. The summed E-state index contributed by atoms with van der Waals surface area (Å²) in [6.45, 7) is 4.55. The fourth-order valence-electron chi connectivity index (χ4n) is 6.40. The lowest BCUT2D eigenvalue weighted by Gasteiger charge is -2.50. The van der Waals surface area contributed by atoms with Crippen molar-refractivity contribution < 1.29 is 39.2 Å². The average molecular weight is 552 g/mol. The highest BCUT2D eigenvalue weighted by Gasteiger charge is 2.64. The number of furan rings is 1.